The summed E-state index contributed by atoms with van der Waals surface area (Å²) in [4.78, 5) is 35.6. The van der Waals surface area contributed by atoms with Gasteiger partial charge in [-0.25, -0.2) is 9.78 Å². The molecule has 0 aliphatic carbocycles. The van der Waals surface area contributed by atoms with Gasteiger partial charge in [-0.3, -0.25) is 4.79 Å². The van der Waals surface area contributed by atoms with Gasteiger partial charge in [-0.1, -0.05) is 19.1 Å². The van der Waals surface area contributed by atoms with Crippen LogP contribution in [-0.4, -0.2) is 53.0 Å². The number of urea groups is 1. The number of benzene rings is 1. The molecule has 160 valence electrons. The molecule has 0 spiro atoms. The summed E-state index contributed by atoms with van der Waals surface area (Å²) in [5.41, 5.74) is 6.66. The molecule has 30 heavy (non-hydrogen) atoms. The van der Waals surface area contributed by atoms with Gasteiger partial charge in [0.1, 0.15) is 17.7 Å². The van der Waals surface area contributed by atoms with Gasteiger partial charge >= 0.3 is 6.03 Å². The van der Waals surface area contributed by atoms with Crippen LogP contribution in [0.1, 0.15) is 48.5 Å². The molecular formula is C21H28N6O3. The molecule has 1 fully saturated rings. The van der Waals surface area contributed by atoms with Crippen LogP contribution in [0, 0.1) is 0 Å². The Morgan fingerprint density at radius 1 is 1.27 bits per heavy atom. The molecule has 2 amide bonds. The Morgan fingerprint density at radius 2 is 2.07 bits per heavy atom. The molecule has 9 heteroatoms. The first kappa shape index (κ1) is 21.4. The molecule has 1 aliphatic rings. The number of aromatic nitrogens is 2. The number of likely N-dealkylation sites (tertiary alicyclic amines) is 1. The van der Waals surface area contributed by atoms with Crippen LogP contribution in [0.5, 0.6) is 5.75 Å². The zero-order valence-corrected chi connectivity index (χ0v) is 17.4. The minimum absolute atomic E-state index is 0.0706. The highest BCUT2D eigenvalue weighted by Gasteiger charge is 2.27. The van der Waals surface area contributed by atoms with E-state index in [1.807, 2.05) is 6.92 Å². The standard InChI is InChI=1S/C21H28N6O3/c1-3-11-23-21(29)27-12-7-6-10-17(27)25-20-24-13-15(19(22)26-20)18(28)14-8-4-5-9-16(14)30-2/h4-5,8-9,13,17H,3,6-7,10-12H2,1-2H3,(H,23,29)(H3,22,24,25,26). The number of rotatable bonds is 7. The number of hydrogen-bond acceptors (Lipinski definition) is 7. The third kappa shape index (κ3) is 4.79. The van der Waals surface area contributed by atoms with E-state index in [0.717, 1.165) is 25.7 Å². The second-order valence-corrected chi connectivity index (χ2v) is 7.10. The smallest absolute Gasteiger partial charge is 0.319 e. The van der Waals surface area contributed by atoms with E-state index in [2.05, 4.69) is 20.6 Å². The maximum Gasteiger partial charge on any atom is 0.319 e. The van der Waals surface area contributed by atoms with Gasteiger partial charge in [0.15, 0.2) is 0 Å². The van der Waals surface area contributed by atoms with E-state index in [9.17, 15) is 9.59 Å². The van der Waals surface area contributed by atoms with E-state index < -0.39 is 0 Å². The molecule has 0 saturated carbocycles. The average molecular weight is 412 g/mol. The van der Waals surface area contributed by atoms with Crippen LogP contribution >= 0.6 is 0 Å². The van der Waals surface area contributed by atoms with Crippen molar-refractivity contribution in [3.8, 4) is 5.75 Å². The second kappa shape index (κ2) is 9.91. The molecule has 1 aromatic heterocycles. The minimum Gasteiger partial charge on any atom is -0.496 e. The summed E-state index contributed by atoms with van der Waals surface area (Å²) in [5, 5.41) is 6.09. The van der Waals surface area contributed by atoms with E-state index in [1.165, 1.54) is 13.3 Å². The first-order chi connectivity index (χ1) is 14.5. The van der Waals surface area contributed by atoms with E-state index in [-0.39, 0.29) is 35.3 Å². The maximum atomic E-state index is 12.9. The number of methoxy groups -OCH3 is 1. The number of para-hydroxylation sites is 1. The Hall–Kier alpha value is -3.36. The Kier molecular flexibility index (Phi) is 7.05. The zero-order chi connectivity index (χ0) is 21.5. The van der Waals surface area contributed by atoms with Crippen LogP contribution in [0.25, 0.3) is 0 Å². The molecule has 2 heterocycles. The number of nitrogens with one attached hydrogen (secondary N) is 2. The van der Waals surface area contributed by atoms with Gasteiger partial charge in [-0.05, 0) is 37.8 Å². The average Bonchev–Trinajstić information content (AvgIpc) is 2.77. The minimum atomic E-state index is -0.310. The molecule has 0 radical (unpaired) electrons. The lowest BCUT2D eigenvalue weighted by atomic mass is 10.0. The van der Waals surface area contributed by atoms with Crippen LogP contribution in [0.4, 0.5) is 16.6 Å². The second-order valence-electron chi connectivity index (χ2n) is 7.10. The molecule has 9 nitrogen and oxygen atoms in total. The van der Waals surface area contributed by atoms with Gasteiger partial charge in [-0.2, -0.15) is 4.98 Å². The Bertz CT molecular complexity index is 904. The van der Waals surface area contributed by atoms with Crippen molar-refractivity contribution in [2.45, 2.75) is 38.8 Å². The fourth-order valence-electron chi connectivity index (χ4n) is 3.42. The quantitative estimate of drug-likeness (QED) is 0.598. The van der Waals surface area contributed by atoms with Crippen LogP contribution in [0.3, 0.4) is 0 Å². The monoisotopic (exact) mass is 412 g/mol. The van der Waals surface area contributed by atoms with Crippen LogP contribution in [0.15, 0.2) is 30.5 Å². The molecule has 1 saturated heterocycles. The zero-order valence-electron chi connectivity index (χ0n) is 17.4. The highest BCUT2D eigenvalue weighted by molar-refractivity contribution is 6.13. The van der Waals surface area contributed by atoms with E-state index >= 15 is 0 Å². The lowest BCUT2D eigenvalue weighted by Crippen LogP contribution is -2.52. The van der Waals surface area contributed by atoms with Crippen molar-refractivity contribution in [1.29, 1.82) is 0 Å². The highest BCUT2D eigenvalue weighted by atomic mass is 16.5. The fourth-order valence-corrected chi connectivity index (χ4v) is 3.42. The molecule has 3 rings (SSSR count). The third-order valence-corrected chi connectivity index (χ3v) is 5.00. The number of carbonyl (C=O) groups excluding carboxylic acids is 2. The largest absolute Gasteiger partial charge is 0.496 e. The summed E-state index contributed by atoms with van der Waals surface area (Å²) in [6.07, 6.45) is 4.78. The van der Waals surface area contributed by atoms with Crippen molar-refractivity contribution in [2.75, 3.05) is 31.2 Å². The van der Waals surface area contributed by atoms with E-state index in [4.69, 9.17) is 10.5 Å². The highest BCUT2D eigenvalue weighted by Crippen LogP contribution is 2.24. The Morgan fingerprint density at radius 3 is 2.80 bits per heavy atom. The number of amides is 2. The predicted molar refractivity (Wildman–Crippen MR) is 115 cm³/mol. The molecule has 0 bridgehead atoms. The number of carbonyl (C=O) groups is 2. The predicted octanol–water partition coefficient (Wildman–Crippen LogP) is 2.64. The number of anilines is 2. The van der Waals surface area contributed by atoms with Crippen molar-refractivity contribution in [1.82, 2.24) is 20.2 Å². The topological polar surface area (TPSA) is 122 Å². The molecule has 1 aromatic carbocycles. The lowest BCUT2D eigenvalue weighted by molar-refractivity contribution is 0.103. The van der Waals surface area contributed by atoms with Gasteiger partial charge in [0, 0.05) is 19.3 Å². The number of piperidine rings is 1. The maximum absolute atomic E-state index is 12.9. The summed E-state index contributed by atoms with van der Waals surface area (Å²) in [6, 6.07) is 6.81. The van der Waals surface area contributed by atoms with Crippen molar-refractivity contribution in [2.24, 2.45) is 0 Å². The Labute approximate surface area is 176 Å². The summed E-state index contributed by atoms with van der Waals surface area (Å²) in [6.45, 7) is 3.30. The number of nitrogens with zero attached hydrogens (tertiary/aromatic N) is 3. The third-order valence-electron chi connectivity index (χ3n) is 5.00. The molecule has 2 aromatic rings. The molecule has 4 N–H and O–H groups in total. The number of nitrogens with two attached hydrogens (primary N) is 1. The summed E-state index contributed by atoms with van der Waals surface area (Å²) >= 11 is 0. The van der Waals surface area contributed by atoms with Gasteiger partial charge in [0.05, 0.1) is 18.2 Å². The summed E-state index contributed by atoms with van der Waals surface area (Å²) < 4.78 is 5.26. The number of hydrogen-bond donors (Lipinski definition) is 3. The van der Waals surface area contributed by atoms with Gasteiger partial charge < -0.3 is 26.0 Å². The SMILES string of the molecule is CCCNC(=O)N1CCCCC1Nc1ncc(C(=O)c2ccccc2OC)c(N)n1. The number of ketones is 1. The summed E-state index contributed by atoms with van der Waals surface area (Å²) in [7, 11) is 1.51. The van der Waals surface area contributed by atoms with E-state index in [1.54, 1.807) is 29.2 Å². The normalized spacial score (nSPS) is 16.1. The van der Waals surface area contributed by atoms with Crippen LogP contribution < -0.4 is 21.1 Å². The van der Waals surface area contributed by atoms with Crippen molar-refractivity contribution in [3.05, 3.63) is 41.6 Å². The first-order valence-corrected chi connectivity index (χ1v) is 10.2. The molecular weight excluding hydrogens is 384 g/mol. The Balaban J connectivity index is 1.76. The number of ether oxygens (including phenoxy) is 1. The van der Waals surface area contributed by atoms with E-state index in [0.29, 0.717) is 24.4 Å². The van der Waals surface area contributed by atoms with Crippen molar-refractivity contribution >= 4 is 23.6 Å². The fraction of sp³-hybridized carbons (Fsp3) is 0.429. The molecule has 1 aliphatic heterocycles. The van der Waals surface area contributed by atoms with Crippen molar-refractivity contribution in [3.63, 3.8) is 0 Å². The molecule has 1 unspecified atom stereocenters. The van der Waals surface area contributed by atoms with Crippen LogP contribution in [0.2, 0.25) is 0 Å². The van der Waals surface area contributed by atoms with Gasteiger partial charge in [0.2, 0.25) is 11.7 Å². The summed E-state index contributed by atoms with van der Waals surface area (Å²) in [5.74, 6) is 0.500. The van der Waals surface area contributed by atoms with Gasteiger partial charge in [-0.15, -0.1) is 0 Å². The lowest BCUT2D eigenvalue weighted by Gasteiger charge is -2.36. The first-order valence-electron chi connectivity index (χ1n) is 10.2. The van der Waals surface area contributed by atoms with Crippen molar-refractivity contribution < 1.29 is 14.3 Å². The number of nitrogen functional groups attached to an aromatic ring is 1. The van der Waals surface area contributed by atoms with Gasteiger partial charge in [0.25, 0.3) is 0 Å². The van der Waals surface area contributed by atoms with Crippen LogP contribution in [-0.2, 0) is 0 Å². The molecule has 1 atom stereocenters.